The van der Waals surface area contributed by atoms with Crippen molar-refractivity contribution in [3.8, 4) is 0 Å². The molecule has 0 radical (unpaired) electrons. The summed E-state index contributed by atoms with van der Waals surface area (Å²) >= 11 is 0. The van der Waals surface area contributed by atoms with Gasteiger partial charge in [-0.25, -0.2) is 18.8 Å². The van der Waals surface area contributed by atoms with Crippen LogP contribution in [0.2, 0.25) is 0 Å². The molecule has 1 N–H and O–H groups in total. The summed E-state index contributed by atoms with van der Waals surface area (Å²) in [6.07, 6.45) is 5.33. The summed E-state index contributed by atoms with van der Waals surface area (Å²) in [5, 5.41) is 3.40. The molecule has 0 unspecified atom stereocenters. The van der Waals surface area contributed by atoms with Crippen molar-refractivity contribution < 1.29 is 13.6 Å². The molecule has 0 bridgehead atoms. The molecule has 0 atom stereocenters. The van der Waals surface area contributed by atoms with Crippen LogP contribution in [0.4, 0.5) is 14.5 Å². The van der Waals surface area contributed by atoms with Gasteiger partial charge in [0.15, 0.2) is 28.6 Å². The largest absolute Gasteiger partial charge is 0.367 e. The summed E-state index contributed by atoms with van der Waals surface area (Å²) in [4.78, 5) is 26.3. The van der Waals surface area contributed by atoms with E-state index >= 15 is 4.39 Å². The molecule has 1 aliphatic rings. The zero-order chi connectivity index (χ0) is 23.0. The van der Waals surface area contributed by atoms with Crippen molar-refractivity contribution in [1.29, 1.82) is 0 Å². The standard InChI is InChI=1S/C22H25F2N7O/c1-14-9-30-10-15(7-17(23)20(30)27-14)19(25-4)28-21-18(24)8-16(11-31(21)13-32)29-6-5-26-22(2,3)12-29/h7-11,13,26H,5-6,12H2,1-4H3. The first-order chi connectivity index (χ1) is 15.2. The molecule has 0 aromatic carbocycles. The van der Waals surface area contributed by atoms with Crippen molar-refractivity contribution in [3.05, 3.63) is 59.1 Å². The van der Waals surface area contributed by atoms with Gasteiger partial charge in [0.1, 0.15) is 0 Å². The number of nitrogens with zero attached hydrogens (tertiary/aromatic N) is 6. The molecule has 0 amide bonds. The van der Waals surface area contributed by atoms with Crippen molar-refractivity contribution >= 4 is 23.6 Å². The zero-order valence-electron chi connectivity index (χ0n) is 18.4. The summed E-state index contributed by atoms with van der Waals surface area (Å²) in [6.45, 7) is 7.98. The first kappa shape index (κ1) is 21.8. The molecule has 8 nitrogen and oxygen atoms in total. The number of carbonyl (C=O) groups excluding carboxylic acids is 1. The second-order valence-corrected chi connectivity index (χ2v) is 8.46. The minimum atomic E-state index is -0.674. The highest BCUT2D eigenvalue weighted by Crippen LogP contribution is 2.19. The first-order valence-corrected chi connectivity index (χ1v) is 10.2. The van der Waals surface area contributed by atoms with E-state index in [1.54, 1.807) is 25.5 Å². The fourth-order valence-electron chi connectivity index (χ4n) is 3.93. The van der Waals surface area contributed by atoms with Crippen LogP contribution in [0, 0.1) is 18.6 Å². The molecule has 0 spiro atoms. The number of aryl methyl sites for hydroxylation is 1. The summed E-state index contributed by atoms with van der Waals surface area (Å²) in [5.74, 6) is -1.14. The Bertz CT molecular complexity index is 1290. The molecule has 3 aromatic rings. The maximum atomic E-state index is 15.1. The van der Waals surface area contributed by atoms with Gasteiger partial charge in [0.05, 0.1) is 11.4 Å². The molecule has 1 fully saturated rings. The molecule has 1 saturated heterocycles. The van der Waals surface area contributed by atoms with Crippen molar-refractivity contribution in [1.82, 2.24) is 19.3 Å². The number of pyridine rings is 2. The van der Waals surface area contributed by atoms with E-state index in [1.807, 2.05) is 4.90 Å². The van der Waals surface area contributed by atoms with E-state index in [-0.39, 0.29) is 22.5 Å². The average Bonchev–Trinajstić information content (AvgIpc) is 3.12. The van der Waals surface area contributed by atoms with Gasteiger partial charge in [-0.2, -0.15) is 0 Å². The number of nitrogens with one attached hydrogen (secondary N) is 1. The molecule has 0 aliphatic carbocycles. The first-order valence-electron chi connectivity index (χ1n) is 10.2. The van der Waals surface area contributed by atoms with Gasteiger partial charge in [-0.1, -0.05) is 0 Å². The Morgan fingerprint density at radius 2 is 2.00 bits per heavy atom. The predicted molar refractivity (Wildman–Crippen MR) is 119 cm³/mol. The number of fused-ring (bicyclic) bond motifs is 1. The summed E-state index contributed by atoms with van der Waals surface area (Å²) < 4.78 is 32.3. The van der Waals surface area contributed by atoms with E-state index < -0.39 is 11.6 Å². The van der Waals surface area contributed by atoms with E-state index in [0.29, 0.717) is 36.4 Å². The van der Waals surface area contributed by atoms with Gasteiger partial charge >= 0.3 is 0 Å². The predicted octanol–water partition coefficient (Wildman–Crippen LogP) is 1.93. The van der Waals surface area contributed by atoms with Crippen LogP contribution in [-0.4, -0.2) is 58.4 Å². The molecule has 4 rings (SSSR count). The summed E-state index contributed by atoms with van der Waals surface area (Å²) in [6, 6.07) is 2.60. The van der Waals surface area contributed by atoms with E-state index in [1.165, 1.54) is 23.6 Å². The highest BCUT2D eigenvalue weighted by molar-refractivity contribution is 5.99. The van der Waals surface area contributed by atoms with Crippen LogP contribution < -0.4 is 15.7 Å². The van der Waals surface area contributed by atoms with E-state index in [0.717, 1.165) is 11.1 Å². The van der Waals surface area contributed by atoms with Crippen LogP contribution in [-0.2, 0) is 4.79 Å². The second-order valence-electron chi connectivity index (χ2n) is 8.46. The number of halogens is 2. The van der Waals surface area contributed by atoms with Gasteiger partial charge in [0.2, 0.25) is 6.41 Å². The number of aromatic nitrogens is 3. The molecule has 168 valence electrons. The Hall–Kier alpha value is -3.40. The van der Waals surface area contributed by atoms with Crippen LogP contribution >= 0.6 is 0 Å². The molecule has 4 heterocycles. The summed E-state index contributed by atoms with van der Waals surface area (Å²) in [5.41, 5.74) is 1.41. The molecule has 3 aromatic heterocycles. The summed E-state index contributed by atoms with van der Waals surface area (Å²) in [7, 11) is 1.47. The molecule has 10 heteroatoms. The van der Waals surface area contributed by atoms with Gasteiger partial charge in [0.25, 0.3) is 0 Å². The number of imidazole rings is 1. The lowest BCUT2D eigenvalue weighted by Crippen LogP contribution is -2.57. The third-order valence-corrected chi connectivity index (χ3v) is 5.36. The number of rotatable bonds is 3. The van der Waals surface area contributed by atoms with Crippen LogP contribution in [0.5, 0.6) is 0 Å². The van der Waals surface area contributed by atoms with Gasteiger partial charge < -0.3 is 14.6 Å². The minimum absolute atomic E-state index is 0.0858. The van der Waals surface area contributed by atoms with Crippen molar-refractivity contribution in [3.63, 3.8) is 0 Å². The highest BCUT2D eigenvalue weighted by Gasteiger charge is 2.26. The fraction of sp³-hybridized carbons (Fsp3) is 0.364. The van der Waals surface area contributed by atoms with Crippen molar-refractivity contribution in [2.45, 2.75) is 26.3 Å². The second kappa shape index (κ2) is 8.27. The SMILES string of the molecule is CN=C(N=c1c(F)cc(N2CCNC(C)(C)C2)cn1C=O)c1cc(F)c2nc(C)cn2c1. The number of piperazine rings is 1. The minimum Gasteiger partial charge on any atom is -0.367 e. The maximum absolute atomic E-state index is 15.1. The molecule has 0 saturated carbocycles. The van der Waals surface area contributed by atoms with Gasteiger partial charge in [0, 0.05) is 62.4 Å². The fourth-order valence-corrected chi connectivity index (χ4v) is 3.93. The van der Waals surface area contributed by atoms with Crippen LogP contribution in [0.25, 0.3) is 5.65 Å². The van der Waals surface area contributed by atoms with Crippen LogP contribution in [0.3, 0.4) is 0 Å². The molecular formula is C22H25F2N7O. The third-order valence-electron chi connectivity index (χ3n) is 5.36. The van der Waals surface area contributed by atoms with Crippen molar-refractivity contribution in [2.75, 3.05) is 31.6 Å². The number of aliphatic imine (C=N–C) groups is 1. The zero-order valence-corrected chi connectivity index (χ0v) is 18.4. The average molecular weight is 441 g/mol. The molecule has 1 aliphatic heterocycles. The topological polar surface area (TPSA) is 79.3 Å². The number of anilines is 1. The van der Waals surface area contributed by atoms with E-state index in [2.05, 4.69) is 34.1 Å². The number of hydrogen-bond acceptors (Lipinski definition) is 5. The lowest BCUT2D eigenvalue weighted by Gasteiger charge is -2.40. The van der Waals surface area contributed by atoms with E-state index in [9.17, 15) is 9.18 Å². The quantitative estimate of drug-likeness (QED) is 0.383. The molecular weight excluding hydrogens is 416 g/mol. The Labute approximate surface area is 183 Å². The maximum Gasteiger partial charge on any atom is 0.219 e. The Balaban J connectivity index is 1.78. The van der Waals surface area contributed by atoms with E-state index in [4.69, 9.17) is 0 Å². The molecule has 32 heavy (non-hydrogen) atoms. The monoisotopic (exact) mass is 441 g/mol. The smallest absolute Gasteiger partial charge is 0.219 e. The Kier molecular flexibility index (Phi) is 5.64. The van der Waals surface area contributed by atoms with Gasteiger partial charge in [-0.3, -0.25) is 14.4 Å². The normalized spacial score (nSPS) is 17.2. The number of carbonyl (C=O) groups is 1. The lowest BCUT2D eigenvalue weighted by atomic mass is 10.0. The van der Waals surface area contributed by atoms with Gasteiger partial charge in [-0.15, -0.1) is 0 Å². The van der Waals surface area contributed by atoms with Crippen LogP contribution in [0.15, 0.2) is 40.7 Å². The van der Waals surface area contributed by atoms with Crippen molar-refractivity contribution in [2.24, 2.45) is 9.98 Å². The van der Waals surface area contributed by atoms with Crippen LogP contribution in [0.1, 0.15) is 25.1 Å². The van der Waals surface area contributed by atoms with Gasteiger partial charge in [-0.05, 0) is 26.8 Å². The Morgan fingerprint density at radius 3 is 2.69 bits per heavy atom. The third kappa shape index (κ3) is 4.18. The highest BCUT2D eigenvalue weighted by atomic mass is 19.1. The number of hydrogen-bond donors (Lipinski definition) is 1. The Morgan fingerprint density at radius 1 is 1.22 bits per heavy atom. The lowest BCUT2D eigenvalue weighted by molar-refractivity contribution is 0.352. The number of amidine groups is 1.